The predicted molar refractivity (Wildman–Crippen MR) is 64.8 cm³/mol. The summed E-state index contributed by atoms with van der Waals surface area (Å²) in [6, 6.07) is 1.08. The fraction of sp³-hybridized carbons (Fsp3) is 0. The van der Waals surface area contributed by atoms with E-state index < -0.39 is 52.2 Å². The van der Waals surface area contributed by atoms with Gasteiger partial charge in [0.2, 0.25) is 0 Å². The number of aromatic nitrogens is 2. The molecule has 0 bridgehead atoms. The van der Waals surface area contributed by atoms with Gasteiger partial charge in [0.15, 0.2) is 0 Å². The first-order valence-corrected chi connectivity index (χ1v) is 7.63. The number of aromatic amines is 2. The van der Waals surface area contributed by atoms with Crippen LogP contribution in [0.1, 0.15) is 0 Å². The van der Waals surface area contributed by atoms with E-state index in [0.717, 1.165) is 0 Å². The standard InChI is InChI=1S/C8H6N2O8S2/c11-7-4-1-3(19(13,14)15)2-5(20(16,17)18)6(4)9-8(12)10-7/h1-2H,(H,13,14,15)(H,16,17,18)(H2,9,10,11,12). The van der Waals surface area contributed by atoms with Gasteiger partial charge in [-0.2, -0.15) is 16.8 Å². The average molecular weight is 322 g/mol. The molecule has 0 fully saturated rings. The second-order valence-corrected chi connectivity index (χ2v) is 6.51. The predicted octanol–water partition coefficient (Wildman–Crippen LogP) is -1.29. The van der Waals surface area contributed by atoms with Gasteiger partial charge in [-0.05, 0) is 12.1 Å². The number of H-pyrrole nitrogens is 2. The summed E-state index contributed by atoms with van der Waals surface area (Å²) >= 11 is 0. The van der Waals surface area contributed by atoms with E-state index in [1.807, 2.05) is 4.98 Å². The Hall–Kier alpha value is -2.02. The SMILES string of the molecule is O=c1[nH]c(=O)c2cc(S(=O)(=O)O)cc(S(=O)(=O)O)c2[nH]1. The second-order valence-electron chi connectivity index (χ2n) is 3.70. The number of nitrogens with one attached hydrogen (secondary N) is 2. The molecule has 0 unspecified atom stereocenters. The smallest absolute Gasteiger partial charge is 0.305 e. The average Bonchev–Trinajstić information content (AvgIpc) is 2.24. The molecule has 0 spiro atoms. The van der Waals surface area contributed by atoms with Crippen LogP contribution in [-0.4, -0.2) is 35.9 Å². The number of fused-ring (bicyclic) bond motifs is 1. The van der Waals surface area contributed by atoms with Crippen molar-refractivity contribution in [2.45, 2.75) is 9.79 Å². The lowest BCUT2D eigenvalue weighted by molar-refractivity contribution is 0.482. The van der Waals surface area contributed by atoms with Crippen molar-refractivity contribution in [3.63, 3.8) is 0 Å². The quantitative estimate of drug-likeness (QED) is 0.494. The Kier molecular flexibility index (Phi) is 3.05. The highest BCUT2D eigenvalue weighted by atomic mass is 32.2. The Morgan fingerprint density at radius 2 is 1.50 bits per heavy atom. The monoisotopic (exact) mass is 322 g/mol. The molecule has 1 heterocycles. The van der Waals surface area contributed by atoms with Gasteiger partial charge >= 0.3 is 5.69 Å². The molecule has 2 rings (SSSR count). The van der Waals surface area contributed by atoms with E-state index in [9.17, 15) is 26.4 Å². The normalized spacial score (nSPS) is 12.7. The van der Waals surface area contributed by atoms with E-state index in [0.29, 0.717) is 12.1 Å². The lowest BCUT2D eigenvalue weighted by Crippen LogP contribution is -2.23. The minimum absolute atomic E-state index is 0.419. The Morgan fingerprint density at radius 1 is 0.900 bits per heavy atom. The zero-order valence-corrected chi connectivity index (χ0v) is 10.9. The van der Waals surface area contributed by atoms with E-state index in [1.54, 1.807) is 4.98 Å². The third-order valence-corrected chi connectivity index (χ3v) is 4.07. The van der Waals surface area contributed by atoms with Crippen molar-refractivity contribution in [2.24, 2.45) is 0 Å². The topological polar surface area (TPSA) is 174 Å². The molecule has 0 aliphatic heterocycles. The van der Waals surface area contributed by atoms with Crippen LogP contribution in [0.2, 0.25) is 0 Å². The molecule has 10 nitrogen and oxygen atoms in total. The minimum atomic E-state index is -4.94. The van der Waals surface area contributed by atoms with E-state index in [1.165, 1.54) is 0 Å². The molecule has 20 heavy (non-hydrogen) atoms. The van der Waals surface area contributed by atoms with Crippen molar-refractivity contribution >= 4 is 31.1 Å². The Labute approximate surface area is 110 Å². The fourth-order valence-corrected chi connectivity index (χ4v) is 2.87. The zero-order chi connectivity index (χ0) is 15.3. The van der Waals surface area contributed by atoms with Crippen molar-refractivity contribution < 1.29 is 25.9 Å². The number of benzene rings is 1. The zero-order valence-electron chi connectivity index (χ0n) is 9.32. The maximum Gasteiger partial charge on any atom is 0.326 e. The molecule has 1 aromatic heterocycles. The van der Waals surface area contributed by atoms with Crippen LogP contribution in [-0.2, 0) is 20.2 Å². The lowest BCUT2D eigenvalue weighted by Gasteiger charge is -2.05. The molecule has 0 saturated carbocycles. The van der Waals surface area contributed by atoms with Gasteiger partial charge in [-0.25, -0.2) is 4.79 Å². The molecular formula is C8H6N2O8S2. The maximum absolute atomic E-state index is 11.5. The van der Waals surface area contributed by atoms with Crippen LogP contribution in [0.5, 0.6) is 0 Å². The number of hydrogen-bond acceptors (Lipinski definition) is 6. The first-order valence-electron chi connectivity index (χ1n) is 4.75. The van der Waals surface area contributed by atoms with Crippen molar-refractivity contribution in [1.82, 2.24) is 9.97 Å². The van der Waals surface area contributed by atoms with Crippen LogP contribution in [0.15, 0.2) is 31.5 Å². The van der Waals surface area contributed by atoms with Gasteiger partial charge in [-0.3, -0.25) is 18.9 Å². The molecule has 0 amide bonds. The highest BCUT2D eigenvalue weighted by Gasteiger charge is 2.22. The lowest BCUT2D eigenvalue weighted by atomic mass is 10.2. The Balaban J connectivity index is 3.18. The van der Waals surface area contributed by atoms with E-state index in [4.69, 9.17) is 9.11 Å². The van der Waals surface area contributed by atoms with Crippen molar-refractivity contribution in [2.75, 3.05) is 0 Å². The van der Waals surface area contributed by atoms with Gasteiger partial charge in [0.05, 0.1) is 15.8 Å². The molecule has 12 heteroatoms. The van der Waals surface area contributed by atoms with Crippen LogP contribution < -0.4 is 11.2 Å². The van der Waals surface area contributed by atoms with Crippen LogP contribution in [0.3, 0.4) is 0 Å². The second kappa shape index (κ2) is 4.24. The number of hydrogen-bond donors (Lipinski definition) is 4. The Bertz CT molecular complexity index is 1030. The molecule has 0 saturated heterocycles. The molecule has 4 N–H and O–H groups in total. The van der Waals surface area contributed by atoms with Crippen LogP contribution in [0, 0.1) is 0 Å². The number of rotatable bonds is 2. The van der Waals surface area contributed by atoms with E-state index in [2.05, 4.69) is 0 Å². The van der Waals surface area contributed by atoms with Gasteiger partial charge in [-0.1, -0.05) is 0 Å². The summed E-state index contributed by atoms with van der Waals surface area (Å²) < 4.78 is 62.4. The highest BCUT2D eigenvalue weighted by Crippen LogP contribution is 2.22. The molecule has 0 aliphatic rings. The molecule has 108 valence electrons. The van der Waals surface area contributed by atoms with Crippen molar-refractivity contribution in [3.8, 4) is 0 Å². The largest absolute Gasteiger partial charge is 0.326 e. The highest BCUT2D eigenvalue weighted by molar-refractivity contribution is 7.86. The Morgan fingerprint density at radius 3 is 2.00 bits per heavy atom. The first-order chi connectivity index (χ1) is 9.00. The van der Waals surface area contributed by atoms with Gasteiger partial charge in [-0.15, -0.1) is 0 Å². The summed E-state index contributed by atoms with van der Waals surface area (Å²) in [6.07, 6.45) is 0. The molecule has 0 atom stereocenters. The maximum atomic E-state index is 11.5. The van der Waals surface area contributed by atoms with Gasteiger partial charge < -0.3 is 4.98 Å². The van der Waals surface area contributed by atoms with Crippen LogP contribution in [0.25, 0.3) is 10.9 Å². The van der Waals surface area contributed by atoms with Crippen molar-refractivity contribution in [1.29, 1.82) is 0 Å². The molecular weight excluding hydrogens is 316 g/mol. The molecule has 2 aromatic rings. The summed E-state index contributed by atoms with van der Waals surface area (Å²) in [5, 5.41) is -0.535. The van der Waals surface area contributed by atoms with E-state index in [-0.39, 0.29) is 0 Å². The minimum Gasteiger partial charge on any atom is -0.305 e. The van der Waals surface area contributed by atoms with E-state index >= 15 is 0 Å². The van der Waals surface area contributed by atoms with Crippen LogP contribution >= 0.6 is 0 Å². The van der Waals surface area contributed by atoms with Gasteiger partial charge in [0, 0.05) is 0 Å². The summed E-state index contributed by atoms with van der Waals surface area (Å²) in [6.45, 7) is 0. The first kappa shape index (κ1) is 14.4. The third-order valence-electron chi connectivity index (χ3n) is 2.36. The van der Waals surface area contributed by atoms with Gasteiger partial charge in [0.25, 0.3) is 25.8 Å². The van der Waals surface area contributed by atoms with Crippen molar-refractivity contribution in [3.05, 3.63) is 33.0 Å². The van der Waals surface area contributed by atoms with Crippen LogP contribution in [0.4, 0.5) is 0 Å². The molecule has 1 aromatic carbocycles. The molecule has 0 aliphatic carbocycles. The summed E-state index contributed by atoms with van der Waals surface area (Å²) in [7, 11) is -9.77. The summed E-state index contributed by atoms with van der Waals surface area (Å²) in [5.41, 5.74) is -2.71. The third kappa shape index (κ3) is 2.49. The van der Waals surface area contributed by atoms with Gasteiger partial charge in [0.1, 0.15) is 4.90 Å². The summed E-state index contributed by atoms with van der Waals surface area (Å²) in [4.78, 5) is 24.4. The molecule has 0 radical (unpaired) electrons. The fourth-order valence-electron chi connectivity index (χ4n) is 1.57. The summed E-state index contributed by atoms with van der Waals surface area (Å²) in [5.74, 6) is 0.